The Bertz CT molecular complexity index is 907. The van der Waals surface area contributed by atoms with Gasteiger partial charge in [-0.25, -0.2) is 18.1 Å². The van der Waals surface area contributed by atoms with Crippen LogP contribution in [-0.4, -0.2) is 33.7 Å². The lowest BCUT2D eigenvalue weighted by molar-refractivity contribution is 0.170. The van der Waals surface area contributed by atoms with Gasteiger partial charge in [-0.1, -0.05) is 30.1 Å². The number of halogens is 2. The maximum atomic E-state index is 12.7. The number of aromatic nitrogens is 1. The van der Waals surface area contributed by atoms with Crippen molar-refractivity contribution in [3.8, 4) is 5.88 Å². The molecular weight excluding hydrogens is 423 g/mol. The average Bonchev–Trinajstić information content (AvgIpc) is 2.66. The number of rotatable bonds is 10. The summed E-state index contributed by atoms with van der Waals surface area (Å²) in [4.78, 5) is 4.35. The highest BCUT2D eigenvalue weighted by atomic mass is 35.5. The first kappa shape index (κ1) is 22.9. The van der Waals surface area contributed by atoms with Gasteiger partial charge in [0.05, 0.1) is 21.5 Å². The zero-order valence-corrected chi connectivity index (χ0v) is 18.4. The number of nitrogens with zero attached hydrogens (tertiary/aromatic N) is 1. The quantitative estimate of drug-likeness (QED) is 0.546. The van der Waals surface area contributed by atoms with Gasteiger partial charge in [0.15, 0.2) is 0 Å². The zero-order chi connectivity index (χ0) is 20.7. The van der Waals surface area contributed by atoms with Crippen LogP contribution in [0.5, 0.6) is 5.88 Å². The first-order chi connectivity index (χ1) is 13.3. The number of methoxy groups -OCH3 is 1. The van der Waals surface area contributed by atoms with Crippen LogP contribution in [0.25, 0.3) is 0 Å². The van der Waals surface area contributed by atoms with E-state index in [1.165, 1.54) is 18.2 Å². The molecule has 0 aliphatic carbocycles. The molecule has 6 nitrogen and oxygen atoms in total. The summed E-state index contributed by atoms with van der Waals surface area (Å²) in [5.74, 6) is 0.511. The fourth-order valence-electron chi connectivity index (χ4n) is 2.75. The molecule has 154 valence electrons. The molecule has 1 aromatic heterocycles. The lowest BCUT2D eigenvalue weighted by atomic mass is 10.0. The van der Waals surface area contributed by atoms with Gasteiger partial charge in [0.1, 0.15) is 0 Å². The molecule has 0 saturated heterocycles. The molecule has 0 saturated carbocycles. The van der Waals surface area contributed by atoms with Crippen LogP contribution in [0.1, 0.15) is 37.4 Å². The Kier molecular flexibility index (Phi) is 8.52. The van der Waals surface area contributed by atoms with Crippen LogP contribution in [0, 0.1) is 0 Å². The van der Waals surface area contributed by atoms with Gasteiger partial charge in [0.25, 0.3) is 0 Å². The topological polar surface area (TPSA) is 77.5 Å². The van der Waals surface area contributed by atoms with Gasteiger partial charge in [-0.15, -0.1) is 0 Å². The normalized spacial score (nSPS) is 12.8. The van der Waals surface area contributed by atoms with Crippen LogP contribution in [0.4, 0.5) is 0 Å². The maximum Gasteiger partial charge on any atom is 0.241 e. The van der Waals surface area contributed by atoms with Crippen molar-refractivity contribution in [3.05, 3.63) is 51.6 Å². The molecule has 0 spiro atoms. The third kappa shape index (κ3) is 5.81. The minimum absolute atomic E-state index is 0.0527. The van der Waals surface area contributed by atoms with E-state index in [0.717, 1.165) is 17.5 Å². The summed E-state index contributed by atoms with van der Waals surface area (Å²) in [6.45, 7) is 4.82. The molecule has 1 N–H and O–H groups in total. The molecule has 0 amide bonds. The summed E-state index contributed by atoms with van der Waals surface area (Å²) in [6, 6.07) is 5.51. The van der Waals surface area contributed by atoms with E-state index in [2.05, 4.69) is 9.71 Å². The molecule has 0 aliphatic heterocycles. The van der Waals surface area contributed by atoms with E-state index in [9.17, 15) is 8.42 Å². The average molecular weight is 447 g/mol. The van der Waals surface area contributed by atoms with Gasteiger partial charge < -0.3 is 9.47 Å². The van der Waals surface area contributed by atoms with Crippen molar-refractivity contribution in [3.63, 3.8) is 0 Å². The molecule has 1 heterocycles. The zero-order valence-electron chi connectivity index (χ0n) is 16.0. The third-order valence-corrected chi connectivity index (χ3v) is 6.41. The lowest BCUT2D eigenvalue weighted by Gasteiger charge is -2.19. The summed E-state index contributed by atoms with van der Waals surface area (Å²) in [6.07, 6.45) is 3.01. The standard InChI is InChI=1S/C19H24Cl2N2O4S/c1-4-15-16(8-9-22-19(15)27-11-5-10-26-3)13(2)23-28(24,25)14-6-7-17(20)18(21)12-14/h6-9,12-13,23H,4-5,10-11H2,1-3H3. The molecule has 1 aromatic carbocycles. The Labute approximate surface area is 176 Å². The first-order valence-corrected chi connectivity index (χ1v) is 11.1. The Balaban J connectivity index is 2.22. The molecule has 0 radical (unpaired) electrons. The highest BCUT2D eigenvalue weighted by molar-refractivity contribution is 7.89. The van der Waals surface area contributed by atoms with Gasteiger partial charge in [-0.05, 0) is 43.2 Å². The Morgan fingerprint density at radius 1 is 1.18 bits per heavy atom. The van der Waals surface area contributed by atoms with Crippen molar-refractivity contribution in [2.24, 2.45) is 0 Å². The summed E-state index contributed by atoms with van der Waals surface area (Å²) >= 11 is 11.8. The molecule has 0 aliphatic rings. The molecule has 1 unspecified atom stereocenters. The van der Waals surface area contributed by atoms with Crippen LogP contribution in [0.15, 0.2) is 35.4 Å². The molecule has 9 heteroatoms. The largest absolute Gasteiger partial charge is 0.477 e. The van der Waals surface area contributed by atoms with E-state index in [1.807, 2.05) is 6.92 Å². The van der Waals surface area contributed by atoms with E-state index in [0.29, 0.717) is 30.5 Å². The second kappa shape index (κ2) is 10.4. The lowest BCUT2D eigenvalue weighted by Crippen LogP contribution is -2.27. The van der Waals surface area contributed by atoms with Crippen molar-refractivity contribution >= 4 is 33.2 Å². The van der Waals surface area contributed by atoms with Crippen molar-refractivity contribution in [2.75, 3.05) is 20.3 Å². The monoisotopic (exact) mass is 446 g/mol. The molecule has 0 fully saturated rings. The maximum absolute atomic E-state index is 12.7. The number of ether oxygens (including phenoxy) is 2. The van der Waals surface area contributed by atoms with Gasteiger partial charge in [0, 0.05) is 37.9 Å². The van der Waals surface area contributed by atoms with Gasteiger partial charge >= 0.3 is 0 Å². The number of hydrogen-bond donors (Lipinski definition) is 1. The first-order valence-electron chi connectivity index (χ1n) is 8.87. The van der Waals surface area contributed by atoms with E-state index < -0.39 is 16.1 Å². The van der Waals surface area contributed by atoms with Gasteiger partial charge in [0.2, 0.25) is 15.9 Å². The van der Waals surface area contributed by atoms with Crippen molar-refractivity contribution in [2.45, 2.75) is 37.6 Å². The van der Waals surface area contributed by atoms with Crippen molar-refractivity contribution < 1.29 is 17.9 Å². The summed E-state index contributed by atoms with van der Waals surface area (Å²) < 4.78 is 38.9. The fourth-order valence-corrected chi connectivity index (χ4v) is 4.36. The Morgan fingerprint density at radius 2 is 1.93 bits per heavy atom. The molecule has 0 bridgehead atoms. The SMILES string of the molecule is CCc1c(C(C)NS(=O)(=O)c2ccc(Cl)c(Cl)c2)ccnc1OCCCOC. The molecule has 2 aromatic rings. The van der Waals surface area contributed by atoms with E-state index in [1.54, 1.807) is 26.3 Å². The number of sulfonamides is 1. The number of hydrogen-bond acceptors (Lipinski definition) is 5. The second-order valence-electron chi connectivity index (χ2n) is 6.15. The fraction of sp³-hybridized carbons (Fsp3) is 0.421. The number of benzene rings is 1. The second-order valence-corrected chi connectivity index (χ2v) is 8.68. The van der Waals surface area contributed by atoms with Crippen molar-refractivity contribution in [1.82, 2.24) is 9.71 Å². The predicted octanol–water partition coefficient (Wildman–Crippen LogP) is 4.41. The highest BCUT2D eigenvalue weighted by Crippen LogP contribution is 2.28. The molecule has 28 heavy (non-hydrogen) atoms. The smallest absolute Gasteiger partial charge is 0.241 e. The third-order valence-electron chi connectivity index (χ3n) is 4.14. The summed E-state index contributed by atoms with van der Waals surface area (Å²) in [5.41, 5.74) is 1.67. The highest BCUT2D eigenvalue weighted by Gasteiger charge is 2.22. The van der Waals surface area contributed by atoms with Gasteiger partial charge in [-0.2, -0.15) is 0 Å². The molecule has 2 rings (SSSR count). The van der Waals surface area contributed by atoms with Crippen LogP contribution in [0.2, 0.25) is 10.0 Å². The number of nitrogens with one attached hydrogen (secondary N) is 1. The Morgan fingerprint density at radius 3 is 2.57 bits per heavy atom. The summed E-state index contributed by atoms with van der Waals surface area (Å²) in [7, 11) is -2.14. The molecule has 1 atom stereocenters. The van der Waals surface area contributed by atoms with Crippen LogP contribution in [0.3, 0.4) is 0 Å². The van der Waals surface area contributed by atoms with E-state index in [4.69, 9.17) is 32.7 Å². The minimum Gasteiger partial charge on any atom is -0.477 e. The number of pyridine rings is 1. The van der Waals surface area contributed by atoms with Crippen molar-refractivity contribution in [1.29, 1.82) is 0 Å². The van der Waals surface area contributed by atoms with Crippen LogP contribution in [-0.2, 0) is 21.2 Å². The minimum atomic E-state index is -3.78. The Hall–Kier alpha value is -1.38. The van der Waals surface area contributed by atoms with Gasteiger partial charge in [-0.3, -0.25) is 0 Å². The summed E-state index contributed by atoms with van der Waals surface area (Å²) in [5, 5.41) is 0.480. The van der Waals surface area contributed by atoms with E-state index in [-0.39, 0.29) is 9.92 Å². The van der Waals surface area contributed by atoms with Crippen LogP contribution >= 0.6 is 23.2 Å². The molecular formula is C19H24Cl2N2O4S. The van der Waals surface area contributed by atoms with Crippen LogP contribution < -0.4 is 9.46 Å². The van der Waals surface area contributed by atoms with E-state index >= 15 is 0 Å². The predicted molar refractivity (Wildman–Crippen MR) is 111 cm³/mol.